The van der Waals surface area contributed by atoms with Gasteiger partial charge in [0.1, 0.15) is 17.2 Å². The van der Waals surface area contributed by atoms with Crippen molar-refractivity contribution in [2.45, 2.75) is 32.6 Å². The van der Waals surface area contributed by atoms with E-state index in [9.17, 15) is 4.39 Å². The van der Waals surface area contributed by atoms with Gasteiger partial charge in [-0.05, 0) is 105 Å². The fourth-order valence-corrected chi connectivity index (χ4v) is 5.51. The molecule has 7 nitrogen and oxygen atoms in total. The number of hydrogen-bond acceptors (Lipinski definition) is 4. The summed E-state index contributed by atoms with van der Waals surface area (Å²) in [6.07, 6.45) is 13.9. The molecule has 0 unspecified atom stereocenters. The van der Waals surface area contributed by atoms with Gasteiger partial charge in [-0.25, -0.2) is 9.37 Å². The van der Waals surface area contributed by atoms with Crippen LogP contribution in [0.25, 0.3) is 51.8 Å². The molecule has 1 fully saturated rings. The van der Waals surface area contributed by atoms with Crippen molar-refractivity contribution in [3.05, 3.63) is 82.5 Å². The van der Waals surface area contributed by atoms with Gasteiger partial charge in [-0.2, -0.15) is 10.2 Å². The topological polar surface area (TPSA) is 89.3 Å². The molecule has 5 heterocycles. The molecule has 6 rings (SSSR count). The number of nitrogens with zero attached hydrogens (tertiary/aromatic N) is 4. The molecular weight excluding hydrogens is 489 g/mol. The molecule has 0 atom stereocenters. The smallest absolute Gasteiger partial charge is 0.138 e. The first-order valence-corrected chi connectivity index (χ1v) is 13.5. The Labute approximate surface area is 226 Å². The standard InChI is InChI=1S/C31H32FN7/c1-3-22(24-18-34-35-19-24)16-27-20(2)37-38-30(27)29-17-28-26(8-9-33-31(28)36-29)23-13-21(14-25(32)15-23)7-6-12-39-10-4-5-11-39/h3,8-9,13-19,37H,2,4-7,10-12H2,1H3,(H,33,36)(H,34,35)/b22-3+,27-16+. The van der Waals surface area contributed by atoms with Crippen molar-refractivity contribution in [2.75, 3.05) is 19.6 Å². The van der Waals surface area contributed by atoms with Gasteiger partial charge in [0.2, 0.25) is 0 Å². The number of H-pyrrole nitrogens is 3. The minimum absolute atomic E-state index is 0.214. The number of halogens is 1. The van der Waals surface area contributed by atoms with Crippen molar-refractivity contribution in [1.82, 2.24) is 35.3 Å². The molecule has 0 amide bonds. The Morgan fingerprint density at radius 3 is 2.85 bits per heavy atom. The number of aromatic nitrogens is 6. The number of pyridine rings is 1. The summed E-state index contributed by atoms with van der Waals surface area (Å²) in [6.45, 7) is 9.57. The highest BCUT2D eigenvalue weighted by molar-refractivity contribution is 5.96. The fraction of sp³-hybridized carbons (Fsp3) is 0.258. The number of rotatable bonds is 8. The highest BCUT2D eigenvalue weighted by Gasteiger charge is 2.15. The van der Waals surface area contributed by atoms with Gasteiger partial charge in [-0.15, -0.1) is 0 Å². The van der Waals surface area contributed by atoms with Crippen LogP contribution in [0.4, 0.5) is 4.39 Å². The summed E-state index contributed by atoms with van der Waals surface area (Å²) >= 11 is 0. The first-order chi connectivity index (χ1) is 19.1. The summed E-state index contributed by atoms with van der Waals surface area (Å²) in [4.78, 5) is 10.5. The molecule has 1 aliphatic rings. The van der Waals surface area contributed by atoms with Crippen LogP contribution >= 0.6 is 0 Å². The number of fused-ring (bicyclic) bond motifs is 1. The number of benzene rings is 1. The van der Waals surface area contributed by atoms with Crippen LogP contribution in [0.5, 0.6) is 0 Å². The fourth-order valence-electron chi connectivity index (χ4n) is 5.51. The normalized spacial score (nSPS) is 15.1. The quantitative estimate of drug-likeness (QED) is 0.274. The van der Waals surface area contributed by atoms with Gasteiger partial charge in [0.25, 0.3) is 0 Å². The predicted molar refractivity (Wildman–Crippen MR) is 155 cm³/mol. The van der Waals surface area contributed by atoms with Crippen molar-refractivity contribution in [3.8, 4) is 22.5 Å². The molecule has 0 saturated carbocycles. The largest absolute Gasteiger partial charge is 0.338 e. The maximum Gasteiger partial charge on any atom is 0.138 e. The Balaban J connectivity index is 1.35. The summed E-state index contributed by atoms with van der Waals surface area (Å²) in [5.41, 5.74) is 7.08. The van der Waals surface area contributed by atoms with Crippen LogP contribution in [-0.4, -0.2) is 54.9 Å². The number of likely N-dealkylation sites (tertiary alicyclic amines) is 1. The zero-order chi connectivity index (χ0) is 26.8. The predicted octanol–water partition coefficient (Wildman–Crippen LogP) is 4.80. The van der Waals surface area contributed by atoms with Crippen molar-refractivity contribution in [2.24, 2.45) is 0 Å². The second kappa shape index (κ2) is 10.8. The van der Waals surface area contributed by atoms with Gasteiger partial charge < -0.3 is 9.88 Å². The molecule has 1 saturated heterocycles. The number of allylic oxidation sites excluding steroid dienone is 2. The van der Waals surface area contributed by atoms with Crippen LogP contribution < -0.4 is 10.6 Å². The number of aryl methyl sites for hydroxylation is 1. The van der Waals surface area contributed by atoms with Gasteiger partial charge in [0, 0.05) is 28.6 Å². The average molecular weight is 522 g/mol. The molecule has 4 aromatic heterocycles. The summed E-state index contributed by atoms with van der Waals surface area (Å²) < 4.78 is 14.8. The molecule has 5 aromatic rings. The molecule has 0 spiro atoms. The second-order valence-corrected chi connectivity index (χ2v) is 10.1. The third-order valence-corrected chi connectivity index (χ3v) is 7.52. The number of nitrogens with one attached hydrogen (secondary N) is 3. The molecule has 0 bridgehead atoms. The Morgan fingerprint density at radius 2 is 2.05 bits per heavy atom. The van der Waals surface area contributed by atoms with Crippen LogP contribution in [0.3, 0.4) is 0 Å². The highest BCUT2D eigenvalue weighted by atomic mass is 19.1. The van der Waals surface area contributed by atoms with E-state index in [2.05, 4.69) is 47.9 Å². The average Bonchev–Trinajstić information content (AvgIpc) is 3.74. The Bertz CT molecular complexity index is 1740. The van der Waals surface area contributed by atoms with Crippen LogP contribution in [0, 0.1) is 5.82 Å². The van der Waals surface area contributed by atoms with Gasteiger partial charge in [-0.3, -0.25) is 10.2 Å². The van der Waals surface area contributed by atoms with Gasteiger partial charge in [0.05, 0.1) is 17.2 Å². The maximum atomic E-state index is 14.8. The summed E-state index contributed by atoms with van der Waals surface area (Å²) in [6, 6.07) is 9.37. The molecule has 198 valence electrons. The summed E-state index contributed by atoms with van der Waals surface area (Å²) in [5.74, 6) is -0.214. The van der Waals surface area contributed by atoms with Gasteiger partial charge >= 0.3 is 0 Å². The molecule has 3 N–H and O–H groups in total. The Kier molecular flexibility index (Phi) is 6.94. The zero-order valence-corrected chi connectivity index (χ0v) is 22.1. The molecule has 0 radical (unpaired) electrons. The SMILES string of the molecule is C=c1[nH]nc(-c2cc3c(-c4cc(F)cc(CCCN5CCCC5)c4)ccnc3[nH]2)/c1=C/C(=C\C)c1cn[nH]c1. The molecule has 0 aliphatic carbocycles. The van der Waals surface area contributed by atoms with Crippen molar-refractivity contribution >= 4 is 29.3 Å². The van der Waals surface area contributed by atoms with Crippen molar-refractivity contribution < 1.29 is 4.39 Å². The maximum absolute atomic E-state index is 14.8. The lowest BCUT2D eigenvalue weighted by Crippen LogP contribution is -2.22. The van der Waals surface area contributed by atoms with Crippen LogP contribution in [-0.2, 0) is 6.42 Å². The van der Waals surface area contributed by atoms with E-state index in [0.29, 0.717) is 5.35 Å². The number of aromatic amines is 3. The monoisotopic (exact) mass is 521 g/mol. The first kappa shape index (κ1) is 25.0. The molecule has 1 aromatic carbocycles. The third-order valence-electron chi connectivity index (χ3n) is 7.52. The Morgan fingerprint density at radius 1 is 1.18 bits per heavy atom. The van der Waals surface area contributed by atoms with E-state index in [0.717, 1.165) is 74.9 Å². The lowest BCUT2D eigenvalue weighted by Gasteiger charge is -2.14. The van der Waals surface area contributed by atoms with E-state index in [1.807, 2.05) is 37.4 Å². The number of hydrogen-bond donors (Lipinski definition) is 3. The van der Waals surface area contributed by atoms with Gasteiger partial charge in [0.15, 0.2) is 0 Å². The van der Waals surface area contributed by atoms with Crippen molar-refractivity contribution in [3.63, 3.8) is 0 Å². The Hall–Kier alpha value is -4.30. The van der Waals surface area contributed by atoms with E-state index in [-0.39, 0.29) is 5.82 Å². The van der Waals surface area contributed by atoms with E-state index in [4.69, 9.17) is 0 Å². The first-order valence-electron chi connectivity index (χ1n) is 13.5. The lowest BCUT2D eigenvalue weighted by atomic mass is 9.99. The van der Waals surface area contributed by atoms with Gasteiger partial charge in [-0.1, -0.05) is 18.7 Å². The van der Waals surface area contributed by atoms with E-state index in [1.165, 1.54) is 25.9 Å². The molecule has 8 heteroatoms. The van der Waals surface area contributed by atoms with Crippen LogP contribution in [0.1, 0.15) is 37.3 Å². The van der Waals surface area contributed by atoms with E-state index < -0.39 is 0 Å². The van der Waals surface area contributed by atoms with Crippen LogP contribution in [0.2, 0.25) is 0 Å². The minimum atomic E-state index is -0.214. The van der Waals surface area contributed by atoms with Crippen LogP contribution in [0.15, 0.2) is 55.0 Å². The molecule has 1 aliphatic heterocycles. The summed E-state index contributed by atoms with van der Waals surface area (Å²) in [5, 5.41) is 17.0. The minimum Gasteiger partial charge on any atom is -0.338 e. The lowest BCUT2D eigenvalue weighted by molar-refractivity contribution is 0.334. The molecular formula is C31H32FN7. The van der Waals surface area contributed by atoms with E-state index >= 15 is 0 Å². The zero-order valence-electron chi connectivity index (χ0n) is 22.1. The van der Waals surface area contributed by atoms with E-state index in [1.54, 1.807) is 24.5 Å². The second-order valence-electron chi connectivity index (χ2n) is 10.1. The highest BCUT2D eigenvalue weighted by Crippen LogP contribution is 2.31. The molecule has 39 heavy (non-hydrogen) atoms. The summed E-state index contributed by atoms with van der Waals surface area (Å²) in [7, 11) is 0. The van der Waals surface area contributed by atoms with Crippen molar-refractivity contribution in [1.29, 1.82) is 0 Å². The third kappa shape index (κ3) is 5.20.